The van der Waals surface area contributed by atoms with Crippen LogP contribution in [0.2, 0.25) is 0 Å². The van der Waals surface area contributed by atoms with Crippen molar-refractivity contribution in [2.24, 2.45) is 0 Å². The van der Waals surface area contributed by atoms with Crippen LogP contribution in [0.3, 0.4) is 0 Å². The number of nitrogens with one attached hydrogen (secondary N) is 1. The molecule has 0 saturated carbocycles. The maximum atomic E-state index is 13.1. The molecule has 1 unspecified atom stereocenters. The Bertz CT molecular complexity index is 1020. The van der Waals surface area contributed by atoms with Crippen LogP contribution in [0.5, 0.6) is 17.2 Å². The van der Waals surface area contributed by atoms with Gasteiger partial charge in [0.05, 0.1) is 38.4 Å². The average Bonchev–Trinajstić information content (AvgIpc) is 3.16. The van der Waals surface area contributed by atoms with Crippen LogP contribution in [0.25, 0.3) is 11.0 Å². The van der Waals surface area contributed by atoms with E-state index in [9.17, 15) is 4.79 Å². The summed E-state index contributed by atoms with van der Waals surface area (Å²) in [6.45, 7) is 5.01. The van der Waals surface area contributed by atoms with Gasteiger partial charge in [0.15, 0.2) is 11.5 Å². The predicted molar refractivity (Wildman–Crippen MR) is 121 cm³/mol. The number of carbonyl (C=O) groups excluding carboxylic acids is 1. The van der Waals surface area contributed by atoms with Gasteiger partial charge in [-0.1, -0.05) is 31.9 Å². The monoisotopic (exact) mass is 425 g/mol. The van der Waals surface area contributed by atoms with E-state index in [4.69, 9.17) is 19.2 Å². The molecular weight excluding hydrogens is 394 g/mol. The molecule has 0 fully saturated rings. The highest BCUT2D eigenvalue weighted by atomic mass is 16.5. The van der Waals surface area contributed by atoms with E-state index in [1.807, 2.05) is 25.1 Å². The zero-order chi connectivity index (χ0) is 22.4. The van der Waals surface area contributed by atoms with Crippen LogP contribution in [0.4, 0.5) is 0 Å². The van der Waals surface area contributed by atoms with Gasteiger partial charge in [0.25, 0.3) is 5.91 Å². The van der Waals surface area contributed by atoms with Gasteiger partial charge in [0.1, 0.15) is 5.82 Å². The Hall–Kier alpha value is -3.22. The van der Waals surface area contributed by atoms with Crippen LogP contribution in [0.15, 0.2) is 36.4 Å². The van der Waals surface area contributed by atoms with Crippen molar-refractivity contribution in [1.29, 1.82) is 0 Å². The third-order valence-electron chi connectivity index (χ3n) is 5.33. The number of fused-ring (bicyclic) bond motifs is 1. The number of hydrogen-bond acceptors (Lipinski definition) is 5. The van der Waals surface area contributed by atoms with Crippen LogP contribution < -0.4 is 19.5 Å². The van der Waals surface area contributed by atoms with Gasteiger partial charge in [-0.3, -0.25) is 4.79 Å². The third-order valence-corrected chi connectivity index (χ3v) is 5.33. The van der Waals surface area contributed by atoms with Crippen LogP contribution in [0.1, 0.15) is 55.3 Å². The lowest BCUT2D eigenvalue weighted by molar-refractivity contribution is 0.0937. The summed E-state index contributed by atoms with van der Waals surface area (Å²) < 4.78 is 18.3. The Kier molecular flexibility index (Phi) is 7.39. The maximum Gasteiger partial charge on any atom is 0.252 e. The van der Waals surface area contributed by atoms with Gasteiger partial charge in [0.2, 0.25) is 5.75 Å². The molecule has 0 saturated heterocycles. The van der Waals surface area contributed by atoms with Gasteiger partial charge in [-0.05, 0) is 37.6 Å². The largest absolute Gasteiger partial charge is 0.493 e. The molecule has 1 amide bonds. The molecule has 31 heavy (non-hydrogen) atoms. The van der Waals surface area contributed by atoms with Crippen LogP contribution >= 0.6 is 0 Å². The maximum absolute atomic E-state index is 13.1. The van der Waals surface area contributed by atoms with E-state index in [0.29, 0.717) is 22.8 Å². The van der Waals surface area contributed by atoms with Gasteiger partial charge in [0, 0.05) is 12.1 Å². The molecule has 1 heterocycles. The minimum Gasteiger partial charge on any atom is -0.493 e. The number of amides is 1. The SMILES string of the molecule is CCCCCn1c(C(C)NC(=O)c2cc(OC)c(OC)c(OC)c2)nc2ccccc21. The number of benzene rings is 2. The minimum absolute atomic E-state index is 0.237. The summed E-state index contributed by atoms with van der Waals surface area (Å²) in [7, 11) is 4.59. The zero-order valence-corrected chi connectivity index (χ0v) is 18.9. The first-order chi connectivity index (χ1) is 15.0. The fourth-order valence-electron chi connectivity index (χ4n) is 3.74. The molecular formula is C24H31N3O4. The molecule has 7 nitrogen and oxygen atoms in total. The highest BCUT2D eigenvalue weighted by Gasteiger charge is 2.21. The molecule has 0 radical (unpaired) electrons. The molecule has 0 aliphatic rings. The van der Waals surface area contributed by atoms with Crippen LogP contribution in [-0.4, -0.2) is 36.8 Å². The molecule has 7 heteroatoms. The fraction of sp³-hybridized carbons (Fsp3) is 0.417. The van der Waals surface area contributed by atoms with Crippen molar-refractivity contribution < 1.29 is 19.0 Å². The van der Waals surface area contributed by atoms with Crippen LogP contribution in [0, 0.1) is 0 Å². The number of ether oxygens (including phenoxy) is 3. The van der Waals surface area contributed by atoms with Crippen LogP contribution in [-0.2, 0) is 6.54 Å². The number of aryl methyl sites for hydroxylation is 1. The van der Waals surface area contributed by atoms with E-state index in [0.717, 1.165) is 42.7 Å². The van der Waals surface area contributed by atoms with E-state index < -0.39 is 0 Å². The second-order valence-corrected chi connectivity index (χ2v) is 7.43. The number of unbranched alkanes of at least 4 members (excludes halogenated alkanes) is 2. The van der Waals surface area contributed by atoms with E-state index >= 15 is 0 Å². The Morgan fingerprint density at radius 3 is 2.35 bits per heavy atom. The van der Waals surface area contributed by atoms with Gasteiger partial charge < -0.3 is 24.1 Å². The van der Waals surface area contributed by atoms with Crippen molar-refractivity contribution >= 4 is 16.9 Å². The molecule has 3 rings (SSSR count). The predicted octanol–water partition coefficient (Wildman–Crippen LogP) is 4.74. The molecule has 166 valence electrons. The summed E-state index contributed by atoms with van der Waals surface area (Å²) in [5.74, 6) is 1.93. The quantitative estimate of drug-likeness (QED) is 0.475. The summed E-state index contributed by atoms with van der Waals surface area (Å²) in [5, 5.41) is 3.07. The summed E-state index contributed by atoms with van der Waals surface area (Å²) in [4.78, 5) is 17.9. The number of nitrogens with zero attached hydrogens (tertiary/aromatic N) is 2. The van der Waals surface area contributed by atoms with Crippen molar-refractivity contribution in [3.05, 3.63) is 47.8 Å². The van der Waals surface area contributed by atoms with Crippen molar-refractivity contribution in [1.82, 2.24) is 14.9 Å². The summed E-state index contributed by atoms with van der Waals surface area (Å²) in [6.07, 6.45) is 3.37. The summed E-state index contributed by atoms with van der Waals surface area (Å²) in [6, 6.07) is 11.1. The van der Waals surface area contributed by atoms with Gasteiger partial charge in [-0.15, -0.1) is 0 Å². The summed E-state index contributed by atoms with van der Waals surface area (Å²) >= 11 is 0. The zero-order valence-electron chi connectivity index (χ0n) is 18.9. The van der Waals surface area contributed by atoms with Crippen molar-refractivity contribution in [3.8, 4) is 17.2 Å². The molecule has 1 N–H and O–H groups in total. The second kappa shape index (κ2) is 10.2. The molecule has 0 spiro atoms. The number of carbonyl (C=O) groups is 1. The fourth-order valence-corrected chi connectivity index (χ4v) is 3.74. The van der Waals surface area contributed by atoms with E-state index in [2.05, 4.69) is 22.9 Å². The highest BCUT2D eigenvalue weighted by molar-refractivity contribution is 5.96. The van der Waals surface area contributed by atoms with Crippen molar-refractivity contribution in [3.63, 3.8) is 0 Å². The first-order valence-electron chi connectivity index (χ1n) is 10.6. The molecule has 0 aliphatic heterocycles. The first-order valence-corrected chi connectivity index (χ1v) is 10.6. The lowest BCUT2D eigenvalue weighted by atomic mass is 10.1. The standard InChI is InChI=1S/C24H31N3O4/c1-6-7-10-13-27-19-12-9-8-11-18(19)26-23(27)16(2)25-24(28)17-14-20(29-3)22(31-5)21(15-17)30-4/h8-9,11-12,14-16H,6-7,10,13H2,1-5H3,(H,25,28). The Morgan fingerprint density at radius 2 is 1.74 bits per heavy atom. The normalized spacial score (nSPS) is 11.9. The first kappa shape index (κ1) is 22.5. The number of hydrogen-bond donors (Lipinski definition) is 1. The number of imidazole rings is 1. The Balaban J connectivity index is 1.89. The van der Waals surface area contributed by atoms with E-state index in [1.54, 1.807) is 12.1 Å². The molecule has 0 bridgehead atoms. The van der Waals surface area contributed by atoms with Gasteiger partial charge in [-0.25, -0.2) is 4.98 Å². The van der Waals surface area contributed by atoms with Gasteiger partial charge >= 0.3 is 0 Å². The third kappa shape index (κ3) is 4.76. The molecule has 1 aromatic heterocycles. The molecule has 1 atom stereocenters. The second-order valence-electron chi connectivity index (χ2n) is 7.43. The minimum atomic E-state index is -0.277. The topological polar surface area (TPSA) is 74.6 Å². The molecule has 2 aromatic carbocycles. The smallest absolute Gasteiger partial charge is 0.252 e. The number of methoxy groups -OCH3 is 3. The van der Waals surface area contributed by atoms with E-state index in [-0.39, 0.29) is 11.9 Å². The Labute approximate surface area is 183 Å². The average molecular weight is 426 g/mol. The number of rotatable bonds is 10. The number of aromatic nitrogens is 2. The van der Waals surface area contributed by atoms with Crippen molar-refractivity contribution in [2.45, 2.75) is 45.7 Å². The lowest BCUT2D eigenvalue weighted by Crippen LogP contribution is -2.29. The van der Waals surface area contributed by atoms with E-state index in [1.165, 1.54) is 21.3 Å². The molecule has 3 aromatic rings. The highest BCUT2D eigenvalue weighted by Crippen LogP contribution is 2.38. The number of para-hydroxylation sites is 2. The van der Waals surface area contributed by atoms with Crippen molar-refractivity contribution in [2.75, 3.05) is 21.3 Å². The molecule has 0 aliphatic carbocycles. The van der Waals surface area contributed by atoms with Gasteiger partial charge in [-0.2, -0.15) is 0 Å². The Morgan fingerprint density at radius 1 is 1.06 bits per heavy atom. The lowest BCUT2D eigenvalue weighted by Gasteiger charge is -2.18. The summed E-state index contributed by atoms with van der Waals surface area (Å²) in [5.41, 5.74) is 2.44.